The first-order valence-electron chi connectivity index (χ1n) is 11.2. The van der Waals surface area contributed by atoms with Crippen LogP contribution >= 0.6 is 11.6 Å². The van der Waals surface area contributed by atoms with Crippen LogP contribution in [0.3, 0.4) is 0 Å². The number of halogens is 1. The summed E-state index contributed by atoms with van der Waals surface area (Å²) >= 11 is 5.98. The highest BCUT2D eigenvalue weighted by atomic mass is 35.5. The van der Waals surface area contributed by atoms with E-state index in [0.29, 0.717) is 22.1 Å². The molecular weight excluding hydrogens is 456 g/mol. The molecule has 0 bridgehead atoms. The molecule has 3 aromatic carbocycles. The molecule has 8 heteroatoms. The van der Waals surface area contributed by atoms with Crippen LogP contribution in [0.1, 0.15) is 49.9 Å². The molecule has 0 spiro atoms. The smallest absolute Gasteiger partial charge is 0.276 e. The first-order chi connectivity index (χ1) is 16.3. The molecule has 7 nitrogen and oxygen atoms in total. The van der Waals surface area contributed by atoms with Crippen molar-refractivity contribution in [2.45, 2.75) is 45.6 Å². The Morgan fingerprint density at radius 2 is 1.65 bits per heavy atom. The number of unbranched alkanes of at least 4 members (excludes halogenated alkanes) is 2. The molecule has 34 heavy (non-hydrogen) atoms. The molecule has 3 aromatic rings. The number of hydrogen-bond donors (Lipinski definition) is 1. The van der Waals surface area contributed by atoms with Crippen molar-refractivity contribution in [1.82, 2.24) is 5.32 Å². The molecule has 0 radical (unpaired) electrons. The molecule has 1 N–H and O–H groups in total. The number of benzene rings is 3. The van der Waals surface area contributed by atoms with E-state index in [4.69, 9.17) is 21.1 Å². The van der Waals surface area contributed by atoms with Crippen LogP contribution in [0.15, 0.2) is 66.7 Å². The van der Waals surface area contributed by atoms with Crippen LogP contribution in [-0.4, -0.2) is 16.9 Å². The minimum Gasteiger partial charge on any atom is -0.457 e. The minimum absolute atomic E-state index is 0.0951. The van der Waals surface area contributed by atoms with Gasteiger partial charge in [0.1, 0.15) is 23.0 Å². The Balaban J connectivity index is 1.70. The van der Waals surface area contributed by atoms with Gasteiger partial charge in [-0.15, -0.1) is 0 Å². The highest BCUT2D eigenvalue weighted by molar-refractivity contribution is 6.30. The third kappa shape index (κ3) is 7.49. The van der Waals surface area contributed by atoms with Crippen molar-refractivity contribution in [3.63, 3.8) is 0 Å². The summed E-state index contributed by atoms with van der Waals surface area (Å²) < 4.78 is 11.5. The SMILES string of the molecule is CCCCCC(C)NC(=O)c1ccc(Oc2cc(Oc3cccc(Cl)c3)cc([N+](=O)[O-])c2)cc1. The van der Waals surface area contributed by atoms with Gasteiger partial charge in [-0.05, 0) is 55.8 Å². The largest absolute Gasteiger partial charge is 0.457 e. The summed E-state index contributed by atoms with van der Waals surface area (Å²) in [5, 5.41) is 14.9. The van der Waals surface area contributed by atoms with Gasteiger partial charge in [0.25, 0.3) is 11.6 Å². The van der Waals surface area contributed by atoms with E-state index in [1.54, 1.807) is 54.6 Å². The number of hydrogen-bond acceptors (Lipinski definition) is 5. The van der Waals surface area contributed by atoms with Crippen molar-refractivity contribution in [3.8, 4) is 23.0 Å². The van der Waals surface area contributed by atoms with E-state index < -0.39 is 4.92 Å². The Kier molecular flexibility index (Phi) is 8.87. The monoisotopic (exact) mass is 482 g/mol. The lowest BCUT2D eigenvalue weighted by Gasteiger charge is -2.14. The van der Waals surface area contributed by atoms with E-state index >= 15 is 0 Å². The van der Waals surface area contributed by atoms with Gasteiger partial charge in [-0.3, -0.25) is 14.9 Å². The highest BCUT2D eigenvalue weighted by Gasteiger charge is 2.14. The summed E-state index contributed by atoms with van der Waals surface area (Å²) in [6.07, 6.45) is 4.31. The lowest BCUT2D eigenvalue weighted by atomic mass is 10.1. The maximum absolute atomic E-state index is 12.5. The number of rotatable bonds is 11. The van der Waals surface area contributed by atoms with E-state index in [0.717, 1.165) is 25.7 Å². The molecule has 3 rings (SSSR count). The molecule has 0 aliphatic heterocycles. The molecular formula is C26H27ClN2O5. The standard InChI is InChI=1S/C26H27ClN2O5/c1-3-4-5-7-18(2)28-26(30)19-10-12-22(13-11-19)33-24-15-21(29(31)32)16-25(17-24)34-23-9-6-8-20(27)14-23/h6,8-18H,3-5,7H2,1-2H3,(H,28,30). The highest BCUT2D eigenvalue weighted by Crippen LogP contribution is 2.34. The quantitative estimate of drug-likeness (QED) is 0.173. The Hall–Kier alpha value is -3.58. The lowest BCUT2D eigenvalue weighted by Crippen LogP contribution is -2.32. The molecule has 1 unspecified atom stereocenters. The number of non-ortho nitro benzene ring substituents is 1. The van der Waals surface area contributed by atoms with Crippen LogP contribution < -0.4 is 14.8 Å². The van der Waals surface area contributed by atoms with Crippen LogP contribution in [0.5, 0.6) is 23.0 Å². The number of nitrogens with zero attached hydrogens (tertiary/aromatic N) is 1. The van der Waals surface area contributed by atoms with E-state index in [2.05, 4.69) is 12.2 Å². The number of carbonyl (C=O) groups excluding carboxylic acids is 1. The van der Waals surface area contributed by atoms with E-state index in [1.807, 2.05) is 6.92 Å². The Bertz CT molecular complexity index is 1130. The normalized spacial score (nSPS) is 11.5. The minimum atomic E-state index is -0.521. The summed E-state index contributed by atoms with van der Waals surface area (Å²) in [6.45, 7) is 4.14. The molecule has 0 saturated heterocycles. The van der Waals surface area contributed by atoms with Crippen LogP contribution in [0.2, 0.25) is 5.02 Å². The molecule has 1 amide bonds. The number of nitro groups is 1. The zero-order valence-electron chi connectivity index (χ0n) is 19.1. The van der Waals surface area contributed by atoms with Gasteiger partial charge in [0.05, 0.1) is 17.1 Å². The average Bonchev–Trinajstić information content (AvgIpc) is 2.79. The van der Waals surface area contributed by atoms with Gasteiger partial charge in [0.2, 0.25) is 0 Å². The van der Waals surface area contributed by atoms with Crippen molar-refractivity contribution < 1.29 is 19.2 Å². The molecule has 1 atom stereocenters. The molecule has 178 valence electrons. The van der Waals surface area contributed by atoms with Gasteiger partial charge in [0.15, 0.2) is 0 Å². The maximum atomic E-state index is 12.5. The molecule has 0 aromatic heterocycles. The first-order valence-corrected chi connectivity index (χ1v) is 11.5. The fourth-order valence-corrected chi connectivity index (χ4v) is 3.52. The predicted octanol–water partition coefficient (Wildman–Crippen LogP) is 7.53. The van der Waals surface area contributed by atoms with Gasteiger partial charge in [0, 0.05) is 22.7 Å². The zero-order chi connectivity index (χ0) is 24.5. The topological polar surface area (TPSA) is 90.7 Å². The zero-order valence-corrected chi connectivity index (χ0v) is 19.9. The van der Waals surface area contributed by atoms with Gasteiger partial charge >= 0.3 is 0 Å². The van der Waals surface area contributed by atoms with Crippen LogP contribution in [-0.2, 0) is 0 Å². The van der Waals surface area contributed by atoms with Crippen molar-refractivity contribution in [2.75, 3.05) is 0 Å². The van der Waals surface area contributed by atoms with Gasteiger partial charge in [-0.1, -0.05) is 43.9 Å². The van der Waals surface area contributed by atoms with E-state index in [1.165, 1.54) is 12.1 Å². The second-order valence-electron chi connectivity index (χ2n) is 7.98. The first kappa shape index (κ1) is 25.1. The predicted molar refractivity (Wildman–Crippen MR) is 132 cm³/mol. The number of ether oxygens (including phenoxy) is 2. The number of amides is 1. The summed E-state index contributed by atoms with van der Waals surface area (Å²) in [4.78, 5) is 23.3. The van der Waals surface area contributed by atoms with Crippen molar-refractivity contribution >= 4 is 23.2 Å². The van der Waals surface area contributed by atoms with Gasteiger partial charge in [-0.25, -0.2) is 0 Å². The Morgan fingerprint density at radius 1 is 0.971 bits per heavy atom. The Morgan fingerprint density at radius 3 is 2.26 bits per heavy atom. The van der Waals surface area contributed by atoms with Crippen molar-refractivity contribution in [3.05, 3.63) is 87.4 Å². The average molecular weight is 483 g/mol. The number of nitrogens with one attached hydrogen (secondary N) is 1. The summed E-state index contributed by atoms with van der Waals surface area (Å²) in [5.41, 5.74) is 0.335. The second-order valence-corrected chi connectivity index (χ2v) is 8.41. The van der Waals surface area contributed by atoms with Gasteiger partial charge in [-0.2, -0.15) is 0 Å². The van der Waals surface area contributed by atoms with Crippen molar-refractivity contribution in [2.24, 2.45) is 0 Å². The van der Waals surface area contributed by atoms with Gasteiger partial charge < -0.3 is 14.8 Å². The van der Waals surface area contributed by atoms with Crippen LogP contribution in [0, 0.1) is 10.1 Å². The van der Waals surface area contributed by atoms with Crippen LogP contribution in [0.4, 0.5) is 5.69 Å². The summed E-state index contributed by atoms with van der Waals surface area (Å²) in [5.74, 6) is 1.19. The summed E-state index contributed by atoms with van der Waals surface area (Å²) in [7, 11) is 0. The number of carbonyl (C=O) groups is 1. The fraction of sp³-hybridized carbons (Fsp3) is 0.269. The molecule has 0 heterocycles. The van der Waals surface area contributed by atoms with Crippen molar-refractivity contribution in [1.29, 1.82) is 0 Å². The number of nitro benzene ring substituents is 1. The Labute approximate surface area is 203 Å². The lowest BCUT2D eigenvalue weighted by molar-refractivity contribution is -0.385. The third-order valence-electron chi connectivity index (χ3n) is 5.08. The molecule has 0 aliphatic rings. The second kappa shape index (κ2) is 12.0. The third-order valence-corrected chi connectivity index (χ3v) is 5.31. The van der Waals surface area contributed by atoms with Crippen LogP contribution in [0.25, 0.3) is 0 Å². The van der Waals surface area contributed by atoms with E-state index in [-0.39, 0.29) is 29.1 Å². The molecule has 0 aliphatic carbocycles. The molecule has 0 saturated carbocycles. The molecule has 0 fully saturated rings. The maximum Gasteiger partial charge on any atom is 0.276 e. The fourth-order valence-electron chi connectivity index (χ4n) is 3.34. The van der Waals surface area contributed by atoms with E-state index in [9.17, 15) is 14.9 Å². The summed E-state index contributed by atoms with van der Waals surface area (Å²) in [6, 6.07) is 17.6.